The fourth-order valence-corrected chi connectivity index (χ4v) is 2.26. The van der Waals surface area contributed by atoms with Crippen molar-refractivity contribution in [2.45, 2.75) is 6.42 Å². The smallest absolute Gasteiger partial charge is 0.259 e. The standard InChI is InChI=1S/C14H9BrN4O/c15-12-4-2-1-3-9(12)6-13-18-14(20-19-13)10-5-11(7-16)17-8-10/h1-5,8,17H,6H2. The predicted octanol–water partition coefficient (Wildman–Crippen LogP) is 3.29. The normalized spacial score (nSPS) is 10.4. The van der Waals surface area contributed by atoms with Crippen LogP contribution in [0.15, 0.2) is 45.5 Å². The Kier molecular flexibility index (Phi) is 3.35. The highest BCUT2D eigenvalue weighted by Crippen LogP contribution is 2.21. The molecule has 0 saturated carbocycles. The monoisotopic (exact) mass is 328 g/mol. The van der Waals surface area contributed by atoms with E-state index in [9.17, 15) is 0 Å². The van der Waals surface area contributed by atoms with Crippen LogP contribution in [0.2, 0.25) is 0 Å². The second kappa shape index (κ2) is 5.31. The summed E-state index contributed by atoms with van der Waals surface area (Å²) in [5.74, 6) is 1.01. The van der Waals surface area contributed by atoms with Gasteiger partial charge in [-0.2, -0.15) is 10.2 Å². The third-order valence-electron chi connectivity index (χ3n) is 2.82. The molecule has 20 heavy (non-hydrogen) atoms. The number of nitriles is 1. The van der Waals surface area contributed by atoms with Gasteiger partial charge in [0.05, 0.1) is 5.56 Å². The van der Waals surface area contributed by atoms with Crippen molar-refractivity contribution in [3.05, 3.63) is 58.1 Å². The minimum atomic E-state index is 0.407. The number of H-pyrrole nitrogens is 1. The predicted molar refractivity (Wildman–Crippen MR) is 75.7 cm³/mol. The van der Waals surface area contributed by atoms with Crippen LogP contribution >= 0.6 is 15.9 Å². The second-order valence-corrected chi connectivity index (χ2v) is 5.05. The topological polar surface area (TPSA) is 78.5 Å². The molecule has 2 heterocycles. The van der Waals surface area contributed by atoms with E-state index >= 15 is 0 Å². The molecule has 3 aromatic rings. The average Bonchev–Trinajstić information content (AvgIpc) is 3.10. The van der Waals surface area contributed by atoms with E-state index in [1.807, 2.05) is 30.3 Å². The maximum atomic E-state index is 8.78. The van der Waals surface area contributed by atoms with Crippen LogP contribution in [-0.4, -0.2) is 15.1 Å². The largest absolute Gasteiger partial charge is 0.352 e. The molecule has 0 unspecified atom stereocenters. The summed E-state index contributed by atoms with van der Waals surface area (Å²) in [7, 11) is 0. The minimum Gasteiger partial charge on any atom is -0.352 e. The number of nitrogens with zero attached hydrogens (tertiary/aromatic N) is 3. The van der Waals surface area contributed by atoms with Crippen molar-refractivity contribution in [1.29, 1.82) is 5.26 Å². The van der Waals surface area contributed by atoms with E-state index in [0.717, 1.165) is 10.0 Å². The zero-order valence-electron chi connectivity index (χ0n) is 10.3. The summed E-state index contributed by atoms with van der Waals surface area (Å²) in [6.45, 7) is 0. The molecule has 0 aliphatic heterocycles. The molecule has 0 bridgehead atoms. The van der Waals surface area contributed by atoms with Crippen molar-refractivity contribution in [3.63, 3.8) is 0 Å². The summed E-state index contributed by atoms with van der Waals surface area (Å²) in [5, 5.41) is 12.7. The van der Waals surface area contributed by atoms with Gasteiger partial charge in [0.2, 0.25) is 0 Å². The Bertz CT molecular complexity index is 784. The molecular formula is C14H9BrN4O. The SMILES string of the molecule is N#Cc1cc(-c2nc(Cc3ccccc3Br)no2)c[nH]1. The van der Waals surface area contributed by atoms with Crippen LogP contribution in [0.5, 0.6) is 0 Å². The maximum absolute atomic E-state index is 8.78. The summed E-state index contributed by atoms with van der Waals surface area (Å²) < 4.78 is 6.23. The molecule has 1 aromatic carbocycles. The molecule has 0 saturated heterocycles. The molecule has 0 fully saturated rings. The molecule has 1 N–H and O–H groups in total. The van der Waals surface area contributed by atoms with Crippen molar-refractivity contribution in [1.82, 2.24) is 15.1 Å². The number of benzene rings is 1. The number of aromatic nitrogens is 3. The first-order valence-corrected chi connectivity index (χ1v) is 6.70. The summed E-state index contributed by atoms with van der Waals surface area (Å²) in [5.41, 5.74) is 2.27. The third-order valence-corrected chi connectivity index (χ3v) is 3.60. The van der Waals surface area contributed by atoms with Gasteiger partial charge < -0.3 is 9.51 Å². The van der Waals surface area contributed by atoms with Crippen LogP contribution in [-0.2, 0) is 6.42 Å². The number of hydrogen-bond donors (Lipinski definition) is 1. The molecule has 0 aliphatic rings. The van der Waals surface area contributed by atoms with Crippen molar-refractivity contribution in [2.24, 2.45) is 0 Å². The summed E-state index contributed by atoms with van der Waals surface area (Å²) >= 11 is 3.49. The van der Waals surface area contributed by atoms with Gasteiger partial charge in [0.15, 0.2) is 5.82 Å². The van der Waals surface area contributed by atoms with E-state index in [1.165, 1.54) is 0 Å². The zero-order valence-corrected chi connectivity index (χ0v) is 11.9. The highest BCUT2D eigenvalue weighted by Gasteiger charge is 2.12. The molecule has 98 valence electrons. The zero-order chi connectivity index (χ0) is 13.9. The number of aromatic amines is 1. The van der Waals surface area contributed by atoms with Gasteiger partial charge in [0.1, 0.15) is 11.8 Å². The van der Waals surface area contributed by atoms with E-state index in [-0.39, 0.29) is 0 Å². The molecule has 6 heteroatoms. The van der Waals surface area contributed by atoms with Gasteiger partial charge >= 0.3 is 0 Å². The Balaban J connectivity index is 1.84. The molecule has 0 spiro atoms. The number of hydrogen-bond acceptors (Lipinski definition) is 4. The first kappa shape index (κ1) is 12.6. The van der Waals surface area contributed by atoms with Crippen LogP contribution in [0.3, 0.4) is 0 Å². The molecule has 0 aliphatic carbocycles. The summed E-state index contributed by atoms with van der Waals surface area (Å²) in [4.78, 5) is 7.16. The molecule has 0 amide bonds. The quantitative estimate of drug-likeness (QED) is 0.800. The molecule has 0 atom stereocenters. The highest BCUT2D eigenvalue weighted by atomic mass is 79.9. The van der Waals surface area contributed by atoms with Gasteiger partial charge in [0, 0.05) is 17.1 Å². The van der Waals surface area contributed by atoms with Crippen molar-refractivity contribution in [2.75, 3.05) is 0 Å². The molecule has 5 nitrogen and oxygen atoms in total. The van der Waals surface area contributed by atoms with E-state index < -0.39 is 0 Å². The lowest BCUT2D eigenvalue weighted by Crippen LogP contribution is -1.91. The lowest BCUT2D eigenvalue weighted by Gasteiger charge is -1.99. The summed E-state index contributed by atoms with van der Waals surface area (Å²) in [6, 6.07) is 11.6. The van der Waals surface area contributed by atoms with Gasteiger partial charge in [-0.15, -0.1) is 0 Å². The Hall–Kier alpha value is -2.39. The van der Waals surface area contributed by atoms with Crippen LogP contribution in [0.4, 0.5) is 0 Å². The average molecular weight is 329 g/mol. The fourth-order valence-electron chi connectivity index (χ4n) is 1.84. The van der Waals surface area contributed by atoms with Gasteiger partial charge in [0.25, 0.3) is 5.89 Å². The lowest BCUT2D eigenvalue weighted by atomic mass is 10.1. The van der Waals surface area contributed by atoms with E-state index in [1.54, 1.807) is 12.3 Å². The number of nitrogens with one attached hydrogen (secondary N) is 1. The Labute approximate surface area is 123 Å². The summed E-state index contributed by atoms with van der Waals surface area (Å²) in [6.07, 6.45) is 2.26. The van der Waals surface area contributed by atoms with Crippen LogP contribution < -0.4 is 0 Å². The fraction of sp³-hybridized carbons (Fsp3) is 0.0714. The van der Waals surface area contributed by atoms with Crippen molar-refractivity contribution < 1.29 is 4.52 Å². The van der Waals surface area contributed by atoms with Crippen molar-refractivity contribution in [3.8, 4) is 17.5 Å². The van der Waals surface area contributed by atoms with Crippen molar-refractivity contribution >= 4 is 15.9 Å². The maximum Gasteiger partial charge on any atom is 0.259 e. The Morgan fingerprint density at radius 1 is 1.35 bits per heavy atom. The van der Waals surface area contributed by atoms with Gasteiger partial charge in [-0.3, -0.25) is 0 Å². The second-order valence-electron chi connectivity index (χ2n) is 4.20. The van der Waals surface area contributed by atoms with Crippen LogP contribution in [0, 0.1) is 11.3 Å². The molecular weight excluding hydrogens is 320 g/mol. The van der Waals surface area contributed by atoms with Crippen LogP contribution in [0.25, 0.3) is 11.5 Å². The highest BCUT2D eigenvalue weighted by molar-refractivity contribution is 9.10. The lowest BCUT2D eigenvalue weighted by molar-refractivity contribution is 0.424. The molecule has 0 radical (unpaired) electrons. The molecule has 2 aromatic heterocycles. The van der Waals surface area contributed by atoms with E-state index in [2.05, 4.69) is 31.1 Å². The Morgan fingerprint density at radius 2 is 2.20 bits per heavy atom. The third kappa shape index (κ3) is 2.49. The minimum absolute atomic E-state index is 0.407. The van der Waals surface area contributed by atoms with Gasteiger partial charge in [-0.25, -0.2) is 0 Å². The van der Waals surface area contributed by atoms with Gasteiger partial charge in [-0.05, 0) is 17.7 Å². The van der Waals surface area contributed by atoms with Gasteiger partial charge in [-0.1, -0.05) is 39.3 Å². The van der Waals surface area contributed by atoms with Crippen LogP contribution in [0.1, 0.15) is 17.1 Å². The first-order chi connectivity index (χ1) is 9.76. The molecule has 3 rings (SSSR count). The number of rotatable bonds is 3. The number of halogens is 1. The van der Waals surface area contributed by atoms with E-state index in [4.69, 9.17) is 9.78 Å². The van der Waals surface area contributed by atoms with E-state index in [0.29, 0.717) is 29.4 Å². The first-order valence-electron chi connectivity index (χ1n) is 5.91. The Morgan fingerprint density at radius 3 is 2.95 bits per heavy atom.